The van der Waals surface area contributed by atoms with Gasteiger partial charge in [-0.15, -0.1) is 0 Å². The molecule has 1 saturated carbocycles. The number of carbonyl (C=O) groups excluding carboxylic acids is 1. The van der Waals surface area contributed by atoms with Gasteiger partial charge in [0.15, 0.2) is 0 Å². The van der Waals surface area contributed by atoms with E-state index in [0.29, 0.717) is 6.42 Å². The normalized spacial score (nSPS) is 20.5. The maximum absolute atomic E-state index is 12.5. The maximum Gasteiger partial charge on any atom is 0.227 e. The largest absolute Gasteiger partial charge is 0.497 e. The number of carbonyl (C=O) groups is 1. The predicted octanol–water partition coefficient (Wildman–Crippen LogP) is 2.71. The molecule has 3 rings (SSSR count). The molecule has 1 amide bonds. The van der Waals surface area contributed by atoms with Crippen molar-refractivity contribution in [2.24, 2.45) is 0 Å². The van der Waals surface area contributed by atoms with Crippen molar-refractivity contribution in [1.29, 1.82) is 0 Å². The Morgan fingerprint density at radius 3 is 2.30 bits per heavy atom. The Morgan fingerprint density at radius 1 is 1.04 bits per heavy atom. The van der Waals surface area contributed by atoms with Gasteiger partial charge in [-0.25, -0.2) is 0 Å². The highest BCUT2D eigenvalue weighted by Crippen LogP contribution is 2.23. The van der Waals surface area contributed by atoms with E-state index in [1.54, 1.807) is 7.11 Å². The monoisotopic (exact) mass is 316 g/mol. The van der Waals surface area contributed by atoms with Crippen molar-refractivity contribution in [1.82, 2.24) is 9.80 Å². The van der Waals surface area contributed by atoms with Crippen LogP contribution in [-0.2, 0) is 11.2 Å². The lowest BCUT2D eigenvalue weighted by molar-refractivity contribution is -0.132. The van der Waals surface area contributed by atoms with Crippen LogP contribution < -0.4 is 4.74 Å². The molecule has 4 nitrogen and oxygen atoms in total. The van der Waals surface area contributed by atoms with Gasteiger partial charge < -0.3 is 9.64 Å². The summed E-state index contributed by atoms with van der Waals surface area (Å²) in [7, 11) is 1.66. The fourth-order valence-electron chi connectivity index (χ4n) is 3.81. The van der Waals surface area contributed by atoms with Crippen LogP contribution in [0.15, 0.2) is 24.3 Å². The molecule has 1 aromatic carbocycles. The summed E-state index contributed by atoms with van der Waals surface area (Å²) in [6, 6.07) is 8.57. The SMILES string of the molecule is COc1ccc(CC(=O)N2CCN(C3CCCCC3)CC2)cc1. The van der Waals surface area contributed by atoms with Crippen LogP contribution in [0.2, 0.25) is 0 Å². The summed E-state index contributed by atoms with van der Waals surface area (Å²) in [5, 5.41) is 0. The molecule has 0 atom stereocenters. The highest BCUT2D eigenvalue weighted by atomic mass is 16.5. The Bertz CT molecular complexity index is 501. The van der Waals surface area contributed by atoms with Crippen molar-refractivity contribution < 1.29 is 9.53 Å². The van der Waals surface area contributed by atoms with Gasteiger partial charge in [0.25, 0.3) is 0 Å². The second-order valence-corrected chi connectivity index (χ2v) is 6.73. The smallest absolute Gasteiger partial charge is 0.227 e. The van der Waals surface area contributed by atoms with Crippen LogP contribution in [0.25, 0.3) is 0 Å². The Labute approximate surface area is 139 Å². The molecule has 4 heteroatoms. The number of hydrogen-bond donors (Lipinski definition) is 0. The van der Waals surface area contributed by atoms with E-state index in [9.17, 15) is 4.79 Å². The summed E-state index contributed by atoms with van der Waals surface area (Å²) in [6.45, 7) is 3.84. The van der Waals surface area contributed by atoms with E-state index in [0.717, 1.165) is 43.5 Å². The van der Waals surface area contributed by atoms with E-state index in [4.69, 9.17) is 4.74 Å². The van der Waals surface area contributed by atoms with Crippen LogP contribution in [0.1, 0.15) is 37.7 Å². The number of nitrogens with zero attached hydrogens (tertiary/aromatic N) is 2. The second-order valence-electron chi connectivity index (χ2n) is 6.73. The van der Waals surface area contributed by atoms with E-state index in [1.807, 2.05) is 29.2 Å². The third-order valence-corrected chi connectivity index (χ3v) is 5.27. The van der Waals surface area contributed by atoms with Gasteiger partial charge in [-0.3, -0.25) is 9.69 Å². The summed E-state index contributed by atoms with van der Waals surface area (Å²) in [5.74, 6) is 1.08. The molecule has 126 valence electrons. The molecule has 1 heterocycles. The zero-order valence-corrected chi connectivity index (χ0v) is 14.2. The van der Waals surface area contributed by atoms with Gasteiger partial charge >= 0.3 is 0 Å². The molecular weight excluding hydrogens is 288 g/mol. The number of piperazine rings is 1. The molecule has 0 aromatic heterocycles. The van der Waals surface area contributed by atoms with Crippen LogP contribution in [0.3, 0.4) is 0 Å². The fourth-order valence-corrected chi connectivity index (χ4v) is 3.81. The minimum absolute atomic E-state index is 0.249. The lowest BCUT2D eigenvalue weighted by atomic mass is 9.94. The van der Waals surface area contributed by atoms with Gasteiger partial charge in [0.1, 0.15) is 5.75 Å². The Morgan fingerprint density at radius 2 is 1.70 bits per heavy atom. The van der Waals surface area contributed by atoms with Crippen molar-refractivity contribution in [2.75, 3.05) is 33.3 Å². The van der Waals surface area contributed by atoms with Crippen molar-refractivity contribution >= 4 is 5.91 Å². The molecule has 0 bridgehead atoms. The predicted molar refractivity (Wildman–Crippen MR) is 91.7 cm³/mol. The average molecular weight is 316 g/mol. The van der Waals surface area contributed by atoms with Crippen LogP contribution in [0.4, 0.5) is 0 Å². The minimum Gasteiger partial charge on any atom is -0.497 e. The van der Waals surface area contributed by atoms with Gasteiger partial charge in [0, 0.05) is 32.2 Å². The molecule has 1 aliphatic heterocycles. The van der Waals surface area contributed by atoms with Gasteiger partial charge in [0.2, 0.25) is 5.91 Å². The minimum atomic E-state index is 0.249. The summed E-state index contributed by atoms with van der Waals surface area (Å²) in [5.41, 5.74) is 1.06. The highest BCUT2D eigenvalue weighted by molar-refractivity contribution is 5.78. The van der Waals surface area contributed by atoms with Gasteiger partial charge in [-0.1, -0.05) is 31.4 Å². The zero-order chi connectivity index (χ0) is 16.1. The van der Waals surface area contributed by atoms with Crippen LogP contribution in [0, 0.1) is 0 Å². The number of ether oxygens (including phenoxy) is 1. The molecule has 0 radical (unpaired) electrons. The molecule has 1 aliphatic carbocycles. The lowest BCUT2D eigenvalue weighted by Gasteiger charge is -2.40. The Hall–Kier alpha value is -1.55. The third-order valence-electron chi connectivity index (χ3n) is 5.27. The number of benzene rings is 1. The zero-order valence-electron chi connectivity index (χ0n) is 14.2. The Kier molecular flexibility index (Phi) is 5.55. The number of hydrogen-bond acceptors (Lipinski definition) is 3. The van der Waals surface area contributed by atoms with E-state index in [-0.39, 0.29) is 5.91 Å². The summed E-state index contributed by atoms with van der Waals surface area (Å²) in [4.78, 5) is 17.1. The average Bonchev–Trinajstić information content (AvgIpc) is 2.63. The molecule has 1 aromatic rings. The lowest BCUT2D eigenvalue weighted by Crippen LogP contribution is -2.52. The summed E-state index contributed by atoms with van der Waals surface area (Å²) in [6.07, 6.45) is 7.34. The van der Waals surface area contributed by atoms with E-state index >= 15 is 0 Å². The van der Waals surface area contributed by atoms with E-state index < -0.39 is 0 Å². The first-order valence-corrected chi connectivity index (χ1v) is 8.91. The number of methoxy groups -OCH3 is 1. The van der Waals surface area contributed by atoms with Gasteiger partial charge in [0.05, 0.1) is 13.5 Å². The first-order valence-electron chi connectivity index (χ1n) is 8.91. The summed E-state index contributed by atoms with van der Waals surface area (Å²) < 4.78 is 5.16. The molecular formula is C19H28N2O2. The van der Waals surface area contributed by atoms with Crippen LogP contribution in [0.5, 0.6) is 5.75 Å². The first-order chi connectivity index (χ1) is 11.3. The van der Waals surface area contributed by atoms with Crippen LogP contribution in [-0.4, -0.2) is 55.0 Å². The summed E-state index contributed by atoms with van der Waals surface area (Å²) >= 11 is 0. The maximum atomic E-state index is 12.5. The van der Waals surface area contributed by atoms with Gasteiger partial charge in [-0.05, 0) is 30.5 Å². The Balaban J connectivity index is 1.47. The topological polar surface area (TPSA) is 32.8 Å². The molecule has 2 aliphatic rings. The quantitative estimate of drug-likeness (QED) is 0.856. The molecule has 2 fully saturated rings. The molecule has 0 unspecified atom stereocenters. The first kappa shape index (κ1) is 16.3. The highest BCUT2D eigenvalue weighted by Gasteiger charge is 2.26. The molecule has 23 heavy (non-hydrogen) atoms. The second kappa shape index (κ2) is 7.82. The van der Waals surface area contributed by atoms with E-state index in [2.05, 4.69) is 4.90 Å². The van der Waals surface area contributed by atoms with Crippen molar-refractivity contribution in [3.63, 3.8) is 0 Å². The number of amides is 1. The van der Waals surface area contributed by atoms with Crippen molar-refractivity contribution in [2.45, 2.75) is 44.6 Å². The van der Waals surface area contributed by atoms with Gasteiger partial charge in [-0.2, -0.15) is 0 Å². The van der Waals surface area contributed by atoms with Crippen molar-refractivity contribution in [3.05, 3.63) is 29.8 Å². The van der Waals surface area contributed by atoms with Crippen molar-refractivity contribution in [3.8, 4) is 5.75 Å². The molecule has 0 N–H and O–H groups in total. The standard InChI is InChI=1S/C19H28N2O2/c1-23-18-9-7-16(8-10-18)15-19(22)21-13-11-20(12-14-21)17-5-3-2-4-6-17/h7-10,17H,2-6,11-15H2,1H3. The number of rotatable bonds is 4. The van der Waals surface area contributed by atoms with E-state index in [1.165, 1.54) is 32.1 Å². The molecule has 1 saturated heterocycles. The van der Waals surface area contributed by atoms with Crippen LogP contribution >= 0.6 is 0 Å². The molecule has 0 spiro atoms. The fraction of sp³-hybridized carbons (Fsp3) is 0.632. The third kappa shape index (κ3) is 4.25.